The van der Waals surface area contributed by atoms with Gasteiger partial charge in [-0.3, -0.25) is 18.7 Å². The fourth-order valence-electron chi connectivity index (χ4n) is 3.47. The third-order valence-electron chi connectivity index (χ3n) is 5.74. The molecule has 2 aromatic heterocycles. The highest BCUT2D eigenvalue weighted by atomic mass is 16.2. The summed E-state index contributed by atoms with van der Waals surface area (Å²) in [6, 6.07) is 10.6. The van der Waals surface area contributed by atoms with Gasteiger partial charge in [0, 0.05) is 31.4 Å². The maximum Gasteiger partial charge on any atom is 0.331 e. The van der Waals surface area contributed by atoms with Crippen LogP contribution in [-0.4, -0.2) is 20.0 Å². The molecule has 3 aromatic rings. The molecule has 8 nitrogen and oxygen atoms in total. The first-order valence-corrected chi connectivity index (χ1v) is 12.1. The maximum absolute atomic E-state index is 12.5. The van der Waals surface area contributed by atoms with Crippen LogP contribution >= 0.6 is 0 Å². The van der Waals surface area contributed by atoms with Crippen LogP contribution in [0, 0.1) is 30.1 Å². The Morgan fingerprint density at radius 3 is 2.27 bits per heavy atom. The highest BCUT2D eigenvalue weighted by Gasteiger charge is 2.13. The molecule has 0 spiro atoms. The van der Waals surface area contributed by atoms with Crippen LogP contribution in [-0.2, 0) is 17.9 Å². The number of nitrogens with zero attached hydrogens (tertiary/aromatic N) is 4. The minimum Gasteiger partial charge on any atom is -0.326 e. The molecule has 0 fully saturated rings. The fourth-order valence-corrected chi connectivity index (χ4v) is 3.47. The number of carbonyl (C=O) groups excluding carboxylic acids is 1. The predicted octanol–water partition coefficient (Wildman–Crippen LogP) is 4.81. The zero-order valence-corrected chi connectivity index (χ0v) is 22.2. The number of amides is 1. The lowest BCUT2D eigenvalue weighted by Gasteiger charge is -2.13. The third-order valence-corrected chi connectivity index (χ3v) is 5.74. The first kappa shape index (κ1) is 30.6. The van der Waals surface area contributed by atoms with Crippen molar-refractivity contribution >= 4 is 28.1 Å². The minimum absolute atomic E-state index is 0.0664. The Balaban J connectivity index is 0.000000439. The second-order valence-corrected chi connectivity index (χ2v) is 8.40. The van der Waals surface area contributed by atoms with Gasteiger partial charge >= 0.3 is 5.69 Å². The van der Waals surface area contributed by atoms with Crippen molar-refractivity contribution in [3.05, 3.63) is 75.2 Å². The van der Waals surface area contributed by atoms with Gasteiger partial charge in [-0.2, -0.15) is 5.26 Å². The Morgan fingerprint density at radius 1 is 1.14 bits per heavy atom. The molecule has 1 unspecified atom stereocenters. The maximum atomic E-state index is 12.5. The highest BCUT2D eigenvalue weighted by molar-refractivity contribution is 5.93. The summed E-state index contributed by atoms with van der Waals surface area (Å²) in [5.74, 6) is 0.247. The summed E-state index contributed by atoms with van der Waals surface area (Å²) in [4.78, 5) is 40.8. The monoisotopic (exact) mass is 501 g/mol. The summed E-state index contributed by atoms with van der Waals surface area (Å²) in [6.07, 6.45) is 11.0. The number of terminal acetylenes is 1. The topological polar surface area (TPSA) is 110 Å². The molecular weight excluding hydrogens is 466 g/mol. The van der Waals surface area contributed by atoms with Crippen molar-refractivity contribution in [2.75, 3.05) is 5.32 Å². The van der Waals surface area contributed by atoms with E-state index in [9.17, 15) is 14.4 Å². The van der Waals surface area contributed by atoms with Crippen LogP contribution in [0.25, 0.3) is 16.5 Å². The Kier molecular flexibility index (Phi) is 12.3. The van der Waals surface area contributed by atoms with E-state index in [2.05, 4.69) is 29.7 Å². The van der Waals surface area contributed by atoms with Crippen molar-refractivity contribution in [3.63, 3.8) is 0 Å². The van der Waals surface area contributed by atoms with Gasteiger partial charge in [-0.05, 0) is 62.1 Å². The van der Waals surface area contributed by atoms with Crippen molar-refractivity contribution in [2.45, 2.75) is 60.5 Å². The predicted molar refractivity (Wildman–Crippen MR) is 150 cm³/mol. The van der Waals surface area contributed by atoms with Crippen molar-refractivity contribution in [2.24, 2.45) is 5.92 Å². The first-order valence-electron chi connectivity index (χ1n) is 12.1. The van der Waals surface area contributed by atoms with E-state index in [1.165, 1.54) is 4.57 Å². The third kappa shape index (κ3) is 8.05. The SMILES string of the molecule is C#C.C=C(C)c1ccc(C#N)nc1.CCC(C)CC(=O)Nc1ccc2c(c1)c(=O)n(CC)c(=O)n2CC. The van der Waals surface area contributed by atoms with Crippen LogP contribution in [0.3, 0.4) is 0 Å². The molecule has 2 heterocycles. The number of allylic oxidation sites excluding steroid dienone is 1. The van der Waals surface area contributed by atoms with Gasteiger partial charge in [0.15, 0.2) is 0 Å². The average Bonchev–Trinajstić information content (AvgIpc) is 2.91. The number of aryl methyl sites for hydroxylation is 1. The van der Waals surface area contributed by atoms with Gasteiger partial charge in [-0.1, -0.05) is 32.9 Å². The van der Waals surface area contributed by atoms with Crippen LogP contribution in [0.4, 0.5) is 5.69 Å². The van der Waals surface area contributed by atoms with E-state index in [0.717, 1.165) is 17.6 Å². The molecule has 0 bridgehead atoms. The highest BCUT2D eigenvalue weighted by Crippen LogP contribution is 2.17. The first-order chi connectivity index (χ1) is 17.7. The molecule has 0 aliphatic carbocycles. The molecule has 8 heteroatoms. The standard InChI is InChI=1S/C18H25N3O3.C9H8N2.C2H2/c1-5-12(4)10-16(22)19-13-8-9-15-14(11-13)17(23)21(7-3)18(24)20(15)6-2;1-7(2)8-3-4-9(5-10)11-6-8;1-2/h8-9,11-12H,5-7,10H2,1-4H3,(H,19,22);3-4,6H,1H2,2H3;1-2H. The fraction of sp³-hybridized carbons (Fsp3) is 0.345. The number of pyridine rings is 1. The second kappa shape index (κ2) is 14.9. The zero-order valence-electron chi connectivity index (χ0n) is 22.2. The largest absolute Gasteiger partial charge is 0.331 e. The molecule has 1 amide bonds. The lowest BCUT2D eigenvalue weighted by molar-refractivity contribution is -0.117. The number of nitriles is 1. The van der Waals surface area contributed by atoms with E-state index < -0.39 is 0 Å². The van der Waals surface area contributed by atoms with Gasteiger partial charge in [0.2, 0.25) is 5.91 Å². The second-order valence-electron chi connectivity index (χ2n) is 8.40. The summed E-state index contributed by atoms with van der Waals surface area (Å²) < 4.78 is 2.79. The quantitative estimate of drug-likeness (QED) is 0.467. The Labute approximate surface area is 218 Å². The van der Waals surface area contributed by atoms with Crippen LogP contribution in [0.1, 0.15) is 58.7 Å². The van der Waals surface area contributed by atoms with E-state index in [0.29, 0.717) is 47.7 Å². The molecule has 194 valence electrons. The lowest BCUT2D eigenvalue weighted by Crippen LogP contribution is -2.39. The molecule has 0 saturated carbocycles. The molecule has 0 aliphatic heterocycles. The normalized spacial score (nSPS) is 10.6. The van der Waals surface area contributed by atoms with Crippen LogP contribution < -0.4 is 16.6 Å². The molecule has 0 aliphatic rings. The van der Waals surface area contributed by atoms with E-state index in [1.807, 2.05) is 39.8 Å². The summed E-state index contributed by atoms with van der Waals surface area (Å²) >= 11 is 0. The Hall–Kier alpha value is -4.43. The van der Waals surface area contributed by atoms with E-state index in [-0.39, 0.29) is 17.2 Å². The number of hydrogen-bond donors (Lipinski definition) is 1. The number of fused-ring (bicyclic) bond motifs is 1. The smallest absolute Gasteiger partial charge is 0.326 e. The zero-order chi connectivity index (χ0) is 28.1. The molecule has 0 radical (unpaired) electrons. The van der Waals surface area contributed by atoms with Gasteiger partial charge in [0.25, 0.3) is 5.56 Å². The van der Waals surface area contributed by atoms with Gasteiger partial charge in [-0.25, -0.2) is 9.78 Å². The number of carbonyl (C=O) groups is 1. The summed E-state index contributed by atoms with van der Waals surface area (Å²) in [7, 11) is 0. The van der Waals surface area contributed by atoms with Crippen LogP contribution in [0.5, 0.6) is 0 Å². The molecule has 1 N–H and O–H groups in total. The number of hydrogen-bond acceptors (Lipinski definition) is 5. The van der Waals surface area contributed by atoms with E-state index in [1.54, 1.807) is 42.0 Å². The Morgan fingerprint density at radius 2 is 1.78 bits per heavy atom. The summed E-state index contributed by atoms with van der Waals surface area (Å²) in [6.45, 7) is 14.2. The summed E-state index contributed by atoms with van der Waals surface area (Å²) in [5.41, 5.74) is 2.93. The van der Waals surface area contributed by atoms with Gasteiger partial charge in [0.1, 0.15) is 11.8 Å². The molecule has 37 heavy (non-hydrogen) atoms. The number of anilines is 1. The number of nitrogens with one attached hydrogen (secondary N) is 1. The average molecular weight is 502 g/mol. The van der Waals surface area contributed by atoms with Crippen molar-refractivity contribution < 1.29 is 4.79 Å². The van der Waals surface area contributed by atoms with Crippen molar-refractivity contribution in [1.29, 1.82) is 5.26 Å². The molecular formula is C29H35N5O3. The molecule has 1 aromatic carbocycles. The van der Waals surface area contributed by atoms with Crippen LogP contribution in [0.2, 0.25) is 0 Å². The number of benzene rings is 1. The molecule has 0 saturated heterocycles. The van der Waals surface area contributed by atoms with E-state index >= 15 is 0 Å². The van der Waals surface area contributed by atoms with E-state index in [4.69, 9.17) is 5.26 Å². The lowest BCUT2D eigenvalue weighted by atomic mass is 10.0. The summed E-state index contributed by atoms with van der Waals surface area (Å²) in [5, 5.41) is 11.7. The minimum atomic E-state index is -0.319. The van der Waals surface area contributed by atoms with Crippen LogP contribution in [0.15, 0.2) is 52.7 Å². The Bertz CT molecular complexity index is 1410. The number of rotatable bonds is 7. The molecule has 3 rings (SSSR count). The molecule has 1 atom stereocenters. The van der Waals surface area contributed by atoms with Gasteiger partial charge in [-0.15, -0.1) is 12.8 Å². The van der Waals surface area contributed by atoms with Crippen molar-refractivity contribution in [1.82, 2.24) is 14.1 Å². The van der Waals surface area contributed by atoms with Gasteiger partial charge in [0.05, 0.1) is 10.9 Å². The number of aromatic nitrogens is 3. The van der Waals surface area contributed by atoms with Gasteiger partial charge < -0.3 is 5.32 Å². The van der Waals surface area contributed by atoms with Crippen molar-refractivity contribution in [3.8, 4) is 18.9 Å².